The van der Waals surface area contributed by atoms with Crippen LogP contribution < -0.4 is 10.6 Å². The largest absolute Gasteiger partial charge is 0.444 e. The van der Waals surface area contributed by atoms with E-state index in [-0.39, 0.29) is 11.5 Å². The summed E-state index contributed by atoms with van der Waals surface area (Å²) in [7, 11) is 1.78. The van der Waals surface area contributed by atoms with Crippen molar-refractivity contribution < 1.29 is 9.15 Å². The standard InChI is InChI=1S/C22H32N4O2/c1-22(2,3)19-17(11-8-12-27-19)13-24-21(23-4)25-14-18-15-28-20(26-18)16-9-6-5-7-10-16/h5-7,9-10,15,17,19H,8,11-14H2,1-4H3,(H2,23,24,25). The van der Waals surface area contributed by atoms with E-state index in [4.69, 9.17) is 9.15 Å². The first kappa shape index (κ1) is 20.4. The Bertz CT molecular complexity index is 764. The fraction of sp³-hybridized carbons (Fsp3) is 0.545. The first-order valence-electron chi connectivity index (χ1n) is 10.0. The molecule has 2 aromatic rings. The maximum absolute atomic E-state index is 6.07. The van der Waals surface area contributed by atoms with Gasteiger partial charge in [-0.25, -0.2) is 4.98 Å². The summed E-state index contributed by atoms with van der Waals surface area (Å²) in [6.45, 7) is 9.00. The summed E-state index contributed by atoms with van der Waals surface area (Å²) >= 11 is 0. The number of benzene rings is 1. The summed E-state index contributed by atoms with van der Waals surface area (Å²) in [5.74, 6) is 1.87. The molecule has 0 spiro atoms. The lowest BCUT2D eigenvalue weighted by atomic mass is 9.78. The Morgan fingerprint density at radius 3 is 2.71 bits per heavy atom. The molecular formula is C22H32N4O2. The summed E-state index contributed by atoms with van der Waals surface area (Å²) in [6, 6.07) is 9.90. The van der Waals surface area contributed by atoms with Crippen LogP contribution in [0.15, 0.2) is 46.0 Å². The number of aromatic nitrogens is 1. The van der Waals surface area contributed by atoms with Crippen molar-refractivity contribution in [1.29, 1.82) is 0 Å². The molecule has 0 bridgehead atoms. The summed E-state index contributed by atoms with van der Waals surface area (Å²) in [4.78, 5) is 8.88. The minimum Gasteiger partial charge on any atom is -0.444 e. The molecule has 1 aliphatic rings. The summed E-state index contributed by atoms with van der Waals surface area (Å²) in [5, 5.41) is 6.77. The molecule has 28 heavy (non-hydrogen) atoms. The lowest BCUT2D eigenvalue weighted by Gasteiger charge is -2.40. The molecule has 1 aromatic heterocycles. The fourth-order valence-electron chi connectivity index (χ4n) is 3.73. The Balaban J connectivity index is 1.52. The smallest absolute Gasteiger partial charge is 0.226 e. The zero-order valence-corrected chi connectivity index (χ0v) is 17.4. The second kappa shape index (κ2) is 9.24. The van der Waals surface area contributed by atoms with Gasteiger partial charge < -0.3 is 19.8 Å². The van der Waals surface area contributed by atoms with E-state index in [2.05, 4.69) is 41.4 Å². The molecule has 1 aliphatic heterocycles. The predicted octanol–water partition coefficient (Wildman–Crippen LogP) is 3.85. The average Bonchev–Trinajstić information content (AvgIpc) is 3.17. The third-order valence-corrected chi connectivity index (χ3v) is 5.06. The van der Waals surface area contributed by atoms with Crippen LogP contribution in [0.5, 0.6) is 0 Å². The highest BCUT2D eigenvalue weighted by Crippen LogP contribution is 2.33. The van der Waals surface area contributed by atoms with Gasteiger partial charge >= 0.3 is 0 Å². The van der Waals surface area contributed by atoms with Gasteiger partial charge in [0.2, 0.25) is 5.89 Å². The van der Waals surface area contributed by atoms with Crippen LogP contribution in [0.4, 0.5) is 0 Å². The van der Waals surface area contributed by atoms with Crippen molar-refractivity contribution in [3.05, 3.63) is 42.3 Å². The number of nitrogens with one attached hydrogen (secondary N) is 2. The third-order valence-electron chi connectivity index (χ3n) is 5.06. The Morgan fingerprint density at radius 2 is 2.00 bits per heavy atom. The maximum atomic E-state index is 6.07. The van der Waals surface area contributed by atoms with Crippen LogP contribution in [0.25, 0.3) is 11.5 Å². The van der Waals surface area contributed by atoms with Gasteiger partial charge in [-0.3, -0.25) is 4.99 Å². The van der Waals surface area contributed by atoms with E-state index in [1.165, 1.54) is 6.42 Å². The first-order chi connectivity index (χ1) is 13.5. The highest BCUT2D eigenvalue weighted by molar-refractivity contribution is 5.79. The Labute approximate surface area is 167 Å². The van der Waals surface area contributed by atoms with Crippen molar-refractivity contribution in [1.82, 2.24) is 15.6 Å². The van der Waals surface area contributed by atoms with E-state index in [0.29, 0.717) is 18.4 Å². The van der Waals surface area contributed by atoms with Gasteiger partial charge in [-0.1, -0.05) is 39.0 Å². The van der Waals surface area contributed by atoms with Crippen LogP contribution in [0.2, 0.25) is 0 Å². The van der Waals surface area contributed by atoms with E-state index < -0.39 is 0 Å². The summed E-state index contributed by atoms with van der Waals surface area (Å²) in [5.41, 5.74) is 1.95. The molecule has 0 aliphatic carbocycles. The topological polar surface area (TPSA) is 71.7 Å². The van der Waals surface area contributed by atoms with Crippen LogP contribution >= 0.6 is 0 Å². The lowest BCUT2D eigenvalue weighted by Crippen LogP contribution is -2.47. The summed E-state index contributed by atoms with van der Waals surface area (Å²) < 4.78 is 11.7. The van der Waals surface area contributed by atoms with Crippen molar-refractivity contribution in [2.45, 2.75) is 46.3 Å². The van der Waals surface area contributed by atoms with Crippen LogP contribution in [-0.2, 0) is 11.3 Å². The molecule has 0 radical (unpaired) electrons. The molecule has 152 valence electrons. The van der Waals surface area contributed by atoms with Gasteiger partial charge in [0.15, 0.2) is 5.96 Å². The van der Waals surface area contributed by atoms with E-state index in [1.54, 1.807) is 13.3 Å². The van der Waals surface area contributed by atoms with Crippen molar-refractivity contribution in [2.24, 2.45) is 16.3 Å². The maximum Gasteiger partial charge on any atom is 0.226 e. The molecule has 1 fully saturated rings. The molecule has 6 heteroatoms. The number of guanidine groups is 1. The Morgan fingerprint density at radius 1 is 1.21 bits per heavy atom. The number of hydrogen-bond acceptors (Lipinski definition) is 4. The Kier molecular flexibility index (Phi) is 6.73. The normalized spacial score (nSPS) is 20.8. The molecule has 0 saturated carbocycles. The van der Waals surface area contributed by atoms with Gasteiger partial charge in [0.25, 0.3) is 0 Å². The van der Waals surface area contributed by atoms with Crippen molar-refractivity contribution >= 4 is 5.96 Å². The molecule has 6 nitrogen and oxygen atoms in total. The van der Waals surface area contributed by atoms with Crippen molar-refractivity contribution in [2.75, 3.05) is 20.2 Å². The molecule has 1 aromatic carbocycles. The number of aliphatic imine (C=N–C) groups is 1. The van der Waals surface area contributed by atoms with Crippen LogP contribution in [0.1, 0.15) is 39.3 Å². The fourth-order valence-corrected chi connectivity index (χ4v) is 3.73. The van der Waals surface area contributed by atoms with Gasteiger partial charge in [-0.15, -0.1) is 0 Å². The monoisotopic (exact) mass is 384 g/mol. The summed E-state index contributed by atoms with van der Waals surface area (Å²) in [6.07, 6.45) is 4.24. The molecular weight excluding hydrogens is 352 g/mol. The van der Waals surface area contributed by atoms with E-state index in [0.717, 1.165) is 36.8 Å². The molecule has 2 unspecified atom stereocenters. The van der Waals surface area contributed by atoms with Crippen LogP contribution in [0, 0.1) is 11.3 Å². The lowest BCUT2D eigenvalue weighted by molar-refractivity contribution is -0.0835. The zero-order valence-electron chi connectivity index (χ0n) is 17.4. The molecule has 2 atom stereocenters. The highest BCUT2D eigenvalue weighted by Gasteiger charge is 2.35. The van der Waals surface area contributed by atoms with Crippen molar-refractivity contribution in [3.8, 4) is 11.5 Å². The van der Waals surface area contributed by atoms with E-state index in [1.807, 2.05) is 30.3 Å². The Hall–Kier alpha value is -2.34. The second-order valence-corrected chi connectivity index (χ2v) is 8.38. The van der Waals surface area contributed by atoms with Crippen LogP contribution in [-0.4, -0.2) is 37.2 Å². The number of oxazole rings is 1. The second-order valence-electron chi connectivity index (χ2n) is 8.38. The van der Waals surface area contributed by atoms with Gasteiger partial charge in [-0.05, 0) is 30.4 Å². The van der Waals surface area contributed by atoms with Gasteiger partial charge in [0.05, 0.1) is 18.3 Å². The minimum absolute atomic E-state index is 0.137. The van der Waals surface area contributed by atoms with Crippen molar-refractivity contribution in [3.63, 3.8) is 0 Å². The molecule has 0 amide bonds. The number of rotatable bonds is 5. The van der Waals surface area contributed by atoms with Gasteiger partial charge in [0.1, 0.15) is 6.26 Å². The number of ether oxygens (including phenoxy) is 1. The highest BCUT2D eigenvalue weighted by atomic mass is 16.5. The quantitative estimate of drug-likeness (QED) is 0.605. The third kappa shape index (κ3) is 5.35. The number of hydrogen-bond donors (Lipinski definition) is 2. The zero-order chi connectivity index (χ0) is 20.0. The van der Waals surface area contributed by atoms with E-state index >= 15 is 0 Å². The van der Waals surface area contributed by atoms with Gasteiger partial charge in [0, 0.05) is 31.7 Å². The minimum atomic E-state index is 0.137. The molecule has 2 heterocycles. The van der Waals surface area contributed by atoms with Crippen LogP contribution in [0.3, 0.4) is 0 Å². The van der Waals surface area contributed by atoms with Gasteiger partial charge in [-0.2, -0.15) is 0 Å². The number of nitrogens with zero attached hydrogens (tertiary/aromatic N) is 2. The average molecular weight is 385 g/mol. The SMILES string of the molecule is CN=C(NCc1coc(-c2ccccc2)n1)NCC1CCCOC1C(C)(C)C. The first-order valence-corrected chi connectivity index (χ1v) is 10.0. The van der Waals surface area contributed by atoms with E-state index in [9.17, 15) is 0 Å². The molecule has 2 N–H and O–H groups in total. The molecule has 3 rings (SSSR count). The predicted molar refractivity (Wildman–Crippen MR) is 112 cm³/mol. The molecule has 1 saturated heterocycles.